The molecule has 3 heterocycles. The minimum atomic E-state index is 0.0554. The van der Waals surface area contributed by atoms with Crippen LogP contribution in [0.3, 0.4) is 0 Å². The van der Waals surface area contributed by atoms with Crippen LogP contribution in [0.15, 0.2) is 41.5 Å². The lowest BCUT2D eigenvalue weighted by molar-refractivity contribution is 0.142. The Labute approximate surface area is 131 Å². The summed E-state index contributed by atoms with van der Waals surface area (Å²) in [4.78, 5) is 16.1. The molecule has 6 heteroatoms. The van der Waals surface area contributed by atoms with Crippen molar-refractivity contribution < 1.29 is 4.74 Å². The van der Waals surface area contributed by atoms with Gasteiger partial charge in [-0.25, -0.2) is 0 Å². The minimum absolute atomic E-state index is 0.0554. The van der Waals surface area contributed by atoms with Gasteiger partial charge in [-0.2, -0.15) is 0 Å². The lowest BCUT2D eigenvalue weighted by Crippen LogP contribution is -2.50. The maximum Gasteiger partial charge on any atom is 0.307 e. The number of thiazole rings is 1. The van der Waals surface area contributed by atoms with Gasteiger partial charge in [-0.3, -0.25) is 9.78 Å². The number of pyridine rings is 1. The van der Waals surface area contributed by atoms with Crippen LogP contribution in [0.25, 0.3) is 21.3 Å². The Morgan fingerprint density at radius 1 is 1.27 bits per heavy atom. The summed E-state index contributed by atoms with van der Waals surface area (Å²) in [5.41, 5.74) is 2.99. The SMILES string of the molecule is Cn1c(=O)sc2cc(-c3cncc(OC4CNC4)c3)ccc21. The summed E-state index contributed by atoms with van der Waals surface area (Å²) in [6, 6.07) is 8.03. The molecule has 1 aliphatic rings. The van der Waals surface area contributed by atoms with Gasteiger partial charge in [-0.1, -0.05) is 17.4 Å². The number of rotatable bonds is 3. The van der Waals surface area contributed by atoms with Crippen molar-refractivity contribution in [2.24, 2.45) is 7.05 Å². The zero-order valence-corrected chi connectivity index (χ0v) is 12.9. The van der Waals surface area contributed by atoms with Gasteiger partial charge in [-0.15, -0.1) is 0 Å². The van der Waals surface area contributed by atoms with Crippen molar-refractivity contribution in [2.75, 3.05) is 13.1 Å². The number of benzene rings is 1. The first-order valence-electron chi connectivity index (χ1n) is 7.13. The van der Waals surface area contributed by atoms with E-state index in [1.165, 1.54) is 11.3 Å². The quantitative estimate of drug-likeness (QED) is 0.804. The summed E-state index contributed by atoms with van der Waals surface area (Å²) >= 11 is 1.26. The van der Waals surface area contributed by atoms with Crippen LogP contribution in [-0.4, -0.2) is 28.7 Å². The predicted molar refractivity (Wildman–Crippen MR) is 87.6 cm³/mol. The minimum Gasteiger partial charge on any atom is -0.486 e. The maximum absolute atomic E-state index is 11.7. The molecule has 5 nitrogen and oxygen atoms in total. The van der Waals surface area contributed by atoms with Crippen LogP contribution in [-0.2, 0) is 7.05 Å². The number of aryl methyl sites for hydroxylation is 1. The third-order valence-electron chi connectivity index (χ3n) is 3.89. The largest absolute Gasteiger partial charge is 0.486 e. The zero-order chi connectivity index (χ0) is 15.1. The summed E-state index contributed by atoms with van der Waals surface area (Å²) in [5, 5.41) is 3.18. The van der Waals surface area contributed by atoms with E-state index >= 15 is 0 Å². The van der Waals surface area contributed by atoms with Gasteiger partial charge in [-0.05, 0) is 23.8 Å². The highest BCUT2D eigenvalue weighted by Crippen LogP contribution is 2.27. The number of aromatic nitrogens is 2. The lowest BCUT2D eigenvalue weighted by Gasteiger charge is -2.27. The fourth-order valence-corrected chi connectivity index (χ4v) is 3.41. The second-order valence-electron chi connectivity index (χ2n) is 5.42. The van der Waals surface area contributed by atoms with Crippen molar-refractivity contribution in [1.82, 2.24) is 14.9 Å². The molecule has 22 heavy (non-hydrogen) atoms. The number of ether oxygens (including phenoxy) is 1. The average Bonchev–Trinajstić information content (AvgIpc) is 2.78. The first-order valence-corrected chi connectivity index (χ1v) is 7.95. The van der Waals surface area contributed by atoms with Gasteiger partial charge in [0.05, 0.1) is 16.4 Å². The van der Waals surface area contributed by atoms with Crippen LogP contribution in [0.5, 0.6) is 5.75 Å². The van der Waals surface area contributed by atoms with Crippen LogP contribution < -0.4 is 14.9 Å². The molecule has 4 rings (SSSR count). The molecule has 2 aromatic heterocycles. The number of hydrogen-bond acceptors (Lipinski definition) is 5. The molecule has 0 aliphatic carbocycles. The van der Waals surface area contributed by atoms with E-state index in [9.17, 15) is 4.79 Å². The van der Waals surface area contributed by atoms with Gasteiger partial charge in [0.1, 0.15) is 11.9 Å². The van der Waals surface area contributed by atoms with Gasteiger partial charge in [0.25, 0.3) is 0 Å². The lowest BCUT2D eigenvalue weighted by atomic mass is 10.1. The molecule has 0 bridgehead atoms. The van der Waals surface area contributed by atoms with E-state index in [2.05, 4.69) is 10.3 Å². The van der Waals surface area contributed by atoms with Gasteiger partial charge < -0.3 is 14.6 Å². The molecule has 0 unspecified atom stereocenters. The Bertz CT molecular complexity index is 896. The Morgan fingerprint density at radius 3 is 2.91 bits per heavy atom. The van der Waals surface area contributed by atoms with Crippen molar-refractivity contribution >= 4 is 21.6 Å². The average molecular weight is 313 g/mol. The van der Waals surface area contributed by atoms with E-state index < -0.39 is 0 Å². The maximum atomic E-state index is 11.7. The normalized spacial score (nSPS) is 15.0. The Hall–Kier alpha value is -2.18. The van der Waals surface area contributed by atoms with E-state index in [-0.39, 0.29) is 11.0 Å². The molecule has 1 aromatic carbocycles. The molecule has 1 saturated heterocycles. The predicted octanol–water partition coefficient (Wildman–Crippen LogP) is 2.01. The molecular weight excluding hydrogens is 298 g/mol. The van der Waals surface area contributed by atoms with Gasteiger partial charge in [0.2, 0.25) is 0 Å². The summed E-state index contributed by atoms with van der Waals surface area (Å²) in [6.45, 7) is 1.77. The summed E-state index contributed by atoms with van der Waals surface area (Å²) in [6.07, 6.45) is 3.79. The highest BCUT2D eigenvalue weighted by atomic mass is 32.1. The van der Waals surface area contributed by atoms with Gasteiger partial charge in [0, 0.05) is 31.9 Å². The summed E-state index contributed by atoms with van der Waals surface area (Å²) < 4.78 is 8.50. The van der Waals surface area contributed by atoms with E-state index in [1.807, 2.05) is 30.5 Å². The van der Waals surface area contributed by atoms with Crippen LogP contribution >= 0.6 is 11.3 Å². The van der Waals surface area contributed by atoms with Crippen LogP contribution in [0.4, 0.5) is 0 Å². The number of nitrogens with one attached hydrogen (secondary N) is 1. The summed E-state index contributed by atoms with van der Waals surface area (Å²) in [5.74, 6) is 0.783. The fraction of sp³-hybridized carbons (Fsp3) is 0.250. The fourth-order valence-electron chi connectivity index (χ4n) is 2.49. The molecule has 112 valence electrons. The standard InChI is InChI=1S/C16H15N3O2S/c1-19-14-3-2-10(5-15(14)22-16(19)20)11-4-12(7-17-6-11)21-13-8-18-9-13/h2-7,13,18H,8-9H2,1H3. The Kier molecular flexibility index (Phi) is 3.20. The third kappa shape index (κ3) is 2.30. The van der Waals surface area contributed by atoms with Crippen molar-refractivity contribution in [2.45, 2.75) is 6.10 Å². The van der Waals surface area contributed by atoms with Crippen molar-refractivity contribution in [1.29, 1.82) is 0 Å². The third-order valence-corrected chi connectivity index (χ3v) is 4.88. The van der Waals surface area contributed by atoms with Crippen LogP contribution in [0.2, 0.25) is 0 Å². The van der Waals surface area contributed by atoms with E-state index in [0.29, 0.717) is 0 Å². The first-order chi connectivity index (χ1) is 10.7. The van der Waals surface area contributed by atoms with E-state index in [0.717, 1.165) is 40.2 Å². The van der Waals surface area contributed by atoms with Crippen molar-refractivity contribution in [3.05, 3.63) is 46.3 Å². The van der Waals surface area contributed by atoms with Gasteiger partial charge in [0.15, 0.2) is 0 Å². The Balaban J connectivity index is 1.71. The first kappa shape index (κ1) is 13.5. The Morgan fingerprint density at radius 2 is 2.14 bits per heavy atom. The van der Waals surface area contributed by atoms with Crippen molar-refractivity contribution in [3.8, 4) is 16.9 Å². The van der Waals surface area contributed by atoms with Gasteiger partial charge >= 0.3 is 4.87 Å². The van der Waals surface area contributed by atoms with Crippen LogP contribution in [0.1, 0.15) is 0 Å². The number of nitrogens with zero attached hydrogens (tertiary/aromatic N) is 2. The van der Waals surface area contributed by atoms with Crippen LogP contribution in [0, 0.1) is 0 Å². The molecule has 1 aliphatic heterocycles. The highest BCUT2D eigenvalue weighted by molar-refractivity contribution is 7.16. The second kappa shape index (κ2) is 5.23. The molecular formula is C16H15N3O2S. The summed E-state index contributed by atoms with van der Waals surface area (Å²) in [7, 11) is 1.80. The highest BCUT2D eigenvalue weighted by Gasteiger charge is 2.18. The topological polar surface area (TPSA) is 56.2 Å². The molecule has 1 fully saturated rings. The molecule has 0 atom stereocenters. The van der Waals surface area contributed by atoms with E-state index in [4.69, 9.17) is 4.74 Å². The zero-order valence-electron chi connectivity index (χ0n) is 12.1. The molecule has 3 aromatic rings. The molecule has 1 N–H and O–H groups in total. The molecule has 0 spiro atoms. The second-order valence-corrected chi connectivity index (χ2v) is 6.41. The smallest absolute Gasteiger partial charge is 0.307 e. The molecule has 0 radical (unpaired) electrons. The van der Waals surface area contributed by atoms with E-state index in [1.54, 1.807) is 17.8 Å². The molecule has 0 amide bonds. The monoisotopic (exact) mass is 313 g/mol. The number of fused-ring (bicyclic) bond motifs is 1. The molecule has 0 saturated carbocycles. The van der Waals surface area contributed by atoms with Crippen molar-refractivity contribution in [3.63, 3.8) is 0 Å². The number of hydrogen-bond donors (Lipinski definition) is 1.